The number of benzene rings is 1. The average Bonchev–Trinajstić information content (AvgIpc) is 2.96. The van der Waals surface area contributed by atoms with Crippen LogP contribution in [-0.4, -0.2) is 50.0 Å². The highest BCUT2D eigenvalue weighted by atomic mass is 32.2. The molecule has 1 aromatic carbocycles. The summed E-state index contributed by atoms with van der Waals surface area (Å²) in [4.78, 5) is 14.0. The zero-order valence-corrected chi connectivity index (χ0v) is 14.7. The van der Waals surface area contributed by atoms with Crippen LogP contribution in [0.1, 0.15) is 25.8 Å². The van der Waals surface area contributed by atoms with Crippen molar-refractivity contribution >= 4 is 15.9 Å². The summed E-state index contributed by atoms with van der Waals surface area (Å²) < 4.78 is 23.2. The smallest absolute Gasteiger partial charge is 0.317 e. The van der Waals surface area contributed by atoms with Gasteiger partial charge in [-0.25, -0.2) is 13.2 Å². The maximum atomic E-state index is 12.2. The van der Waals surface area contributed by atoms with E-state index in [9.17, 15) is 13.2 Å². The maximum absolute atomic E-state index is 12.2. The molecule has 6 heteroatoms. The van der Waals surface area contributed by atoms with E-state index >= 15 is 0 Å². The van der Waals surface area contributed by atoms with Gasteiger partial charge < -0.3 is 10.2 Å². The second-order valence-electron chi connectivity index (χ2n) is 6.34. The van der Waals surface area contributed by atoms with Crippen LogP contribution < -0.4 is 5.32 Å². The quantitative estimate of drug-likeness (QED) is 0.863. The third-order valence-electron chi connectivity index (χ3n) is 4.25. The molecular formula is C17H26N2O3S. The Kier molecular flexibility index (Phi) is 6.04. The first-order valence-electron chi connectivity index (χ1n) is 8.19. The Morgan fingerprint density at radius 1 is 1.35 bits per heavy atom. The predicted octanol–water partition coefficient (Wildman–Crippen LogP) is 2.08. The first kappa shape index (κ1) is 17.8. The van der Waals surface area contributed by atoms with Crippen molar-refractivity contribution < 1.29 is 13.2 Å². The fourth-order valence-corrected chi connectivity index (χ4v) is 4.05. The number of hydrogen-bond acceptors (Lipinski definition) is 3. The molecule has 1 aromatic rings. The normalized spacial score (nSPS) is 19.6. The van der Waals surface area contributed by atoms with Crippen LogP contribution in [0.5, 0.6) is 0 Å². The van der Waals surface area contributed by atoms with Gasteiger partial charge in [-0.1, -0.05) is 37.3 Å². The molecule has 0 unspecified atom stereocenters. The van der Waals surface area contributed by atoms with Crippen LogP contribution in [-0.2, 0) is 16.3 Å². The molecule has 5 nitrogen and oxygen atoms in total. The van der Waals surface area contributed by atoms with Gasteiger partial charge in [0.1, 0.15) is 0 Å². The SMILES string of the molecule is CCS(=O)(=O)C[C@@H](C)NC(=O)N1CC[C@@H](Cc2ccccc2)C1. The van der Waals surface area contributed by atoms with Crippen molar-refractivity contribution in [3.8, 4) is 0 Å². The van der Waals surface area contributed by atoms with Crippen molar-refractivity contribution in [2.24, 2.45) is 5.92 Å². The number of amides is 2. The van der Waals surface area contributed by atoms with Gasteiger partial charge in [0.2, 0.25) is 0 Å². The van der Waals surface area contributed by atoms with E-state index in [1.165, 1.54) is 5.56 Å². The third-order valence-corrected chi connectivity index (χ3v) is 6.14. The van der Waals surface area contributed by atoms with Gasteiger partial charge in [0.05, 0.1) is 5.75 Å². The minimum Gasteiger partial charge on any atom is -0.335 e. The van der Waals surface area contributed by atoms with E-state index in [1.54, 1.807) is 18.7 Å². The summed E-state index contributed by atoms with van der Waals surface area (Å²) in [5, 5.41) is 2.80. The van der Waals surface area contributed by atoms with Crippen LogP contribution in [0.4, 0.5) is 4.79 Å². The molecular weight excluding hydrogens is 312 g/mol. The van der Waals surface area contributed by atoms with Crippen molar-refractivity contribution in [2.45, 2.75) is 32.7 Å². The molecule has 1 aliphatic heterocycles. The molecule has 2 amide bonds. The van der Waals surface area contributed by atoms with E-state index in [2.05, 4.69) is 17.4 Å². The number of nitrogens with zero attached hydrogens (tertiary/aromatic N) is 1. The molecule has 0 bridgehead atoms. The van der Waals surface area contributed by atoms with E-state index in [-0.39, 0.29) is 23.6 Å². The molecule has 2 rings (SSSR count). The lowest BCUT2D eigenvalue weighted by Gasteiger charge is -2.21. The van der Waals surface area contributed by atoms with Crippen LogP contribution >= 0.6 is 0 Å². The lowest BCUT2D eigenvalue weighted by atomic mass is 9.99. The van der Waals surface area contributed by atoms with Gasteiger partial charge in [-0.15, -0.1) is 0 Å². The topological polar surface area (TPSA) is 66.5 Å². The average molecular weight is 338 g/mol. The number of likely N-dealkylation sites (tertiary alicyclic amines) is 1. The summed E-state index contributed by atoms with van der Waals surface area (Å²) in [5.41, 5.74) is 1.29. The summed E-state index contributed by atoms with van der Waals surface area (Å²) in [5.74, 6) is 0.574. The van der Waals surface area contributed by atoms with Crippen molar-refractivity contribution in [3.05, 3.63) is 35.9 Å². The zero-order valence-electron chi connectivity index (χ0n) is 13.9. The van der Waals surface area contributed by atoms with Crippen molar-refractivity contribution in [2.75, 3.05) is 24.6 Å². The molecule has 1 fully saturated rings. The fraction of sp³-hybridized carbons (Fsp3) is 0.588. The Hall–Kier alpha value is -1.56. The lowest BCUT2D eigenvalue weighted by molar-refractivity contribution is 0.204. The predicted molar refractivity (Wildman–Crippen MR) is 92.1 cm³/mol. The highest BCUT2D eigenvalue weighted by Gasteiger charge is 2.27. The second kappa shape index (κ2) is 7.81. The fourth-order valence-electron chi connectivity index (χ4n) is 2.97. The van der Waals surface area contributed by atoms with Gasteiger partial charge in [-0.2, -0.15) is 0 Å². The van der Waals surface area contributed by atoms with Gasteiger partial charge in [-0.05, 0) is 31.2 Å². The van der Waals surface area contributed by atoms with Crippen LogP contribution in [0.15, 0.2) is 30.3 Å². The van der Waals surface area contributed by atoms with Gasteiger partial charge in [-0.3, -0.25) is 0 Å². The van der Waals surface area contributed by atoms with E-state index < -0.39 is 9.84 Å². The Labute approximate surface area is 139 Å². The summed E-state index contributed by atoms with van der Waals surface area (Å²) in [6.45, 7) is 4.83. The molecule has 0 aromatic heterocycles. The summed E-state index contributed by atoms with van der Waals surface area (Å²) in [6, 6.07) is 9.78. The van der Waals surface area contributed by atoms with Crippen molar-refractivity contribution in [1.82, 2.24) is 10.2 Å². The standard InChI is InChI=1S/C17H26N2O3S/c1-3-23(21,22)13-14(2)18-17(20)19-10-9-16(12-19)11-15-7-5-4-6-8-15/h4-8,14,16H,3,9-13H2,1-2H3,(H,18,20)/t14-,16+/m1/s1. The molecule has 2 atom stereocenters. The van der Waals surface area contributed by atoms with E-state index in [4.69, 9.17) is 0 Å². The Balaban J connectivity index is 1.80. The van der Waals surface area contributed by atoms with Gasteiger partial charge in [0.25, 0.3) is 0 Å². The number of carbonyl (C=O) groups is 1. The van der Waals surface area contributed by atoms with Crippen LogP contribution in [0.2, 0.25) is 0 Å². The number of nitrogens with one attached hydrogen (secondary N) is 1. The summed E-state index contributed by atoms with van der Waals surface area (Å²) in [6.07, 6.45) is 1.97. The highest BCUT2D eigenvalue weighted by Crippen LogP contribution is 2.20. The monoisotopic (exact) mass is 338 g/mol. The molecule has 1 saturated heterocycles. The lowest BCUT2D eigenvalue weighted by Crippen LogP contribution is -2.45. The van der Waals surface area contributed by atoms with E-state index in [0.29, 0.717) is 5.92 Å². The largest absolute Gasteiger partial charge is 0.335 e. The molecule has 0 spiro atoms. The Morgan fingerprint density at radius 3 is 2.70 bits per heavy atom. The zero-order chi connectivity index (χ0) is 16.9. The highest BCUT2D eigenvalue weighted by molar-refractivity contribution is 7.91. The number of rotatable bonds is 6. The Morgan fingerprint density at radius 2 is 2.04 bits per heavy atom. The van der Waals surface area contributed by atoms with Crippen LogP contribution in [0.25, 0.3) is 0 Å². The molecule has 0 saturated carbocycles. The van der Waals surface area contributed by atoms with Gasteiger partial charge in [0, 0.05) is 24.9 Å². The molecule has 128 valence electrons. The molecule has 1 aliphatic rings. The third kappa shape index (κ3) is 5.53. The van der Waals surface area contributed by atoms with Crippen LogP contribution in [0, 0.1) is 5.92 Å². The maximum Gasteiger partial charge on any atom is 0.317 e. The first-order chi connectivity index (χ1) is 10.9. The second-order valence-corrected chi connectivity index (χ2v) is 8.74. The van der Waals surface area contributed by atoms with Crippen molar-refractivity contribution in [3.63, 3.8) is 0 Å². The molecule has 23 heavy (non-hydrogen) atoms. The first-order valence-corrected chi connectivity index (χ1v) is 10.0. The molecule has 0 radical (unpaired) electrons. The number of urea groups is 1. The van der Waals surface area contributed by atoms with E-state index in [1.807, 2.05) is 18.2 Å². The molecule has 1 heterocycles. The van der Waals surface area contributed by atoms with Crippen LogP contribution in [0.3, 0.4) is 0 Å². The summed E-state index contributed by atoms with van der Waals surface area (Å²) in [7, 11) is -3.07. The molecule has 1 N–H and O–H groups in total. The number of carbonyl (C=O) groups excluding carboxylic acids is 1. The summed E-state index contributed by atoms with van der Waals surface area (Å²) >= 11 is 0. The minimum absolute atomic E-state index is 0.00345. The van der Waals surface area contributed by atoms with Gasteiger partial charge in [0.15, 0.2) is 9.84 Å². The molecule has 0 aliphatic carbocycles. The van der Waals surface area contributed by atoms with Gasteiger partial charge >= 0.3 is 6.03 Å². The number of sulfone groups is 1. The van der Waals surface area contributed by atoms with Crippen molar-refractivity contribution in [1.29, 1.82) is 0 Å². The van der Waals surface area contributed by atoms with E-state index in [0.717, 1.165) is 25.9 Å². The number of hydrogen-bond donors (Lipinski definition) is 1. The minimum atomic E-state index is -3.07. The Bertz CT molecular complexity index is 616.